The van der Waals surface area contributed by atoms with Crippen LogP contribution in [0.2, 0.25) is 0 Å². The third-order valence-corrected chi connectivity index (χ3v) is 2.62. The number of phenolic OH excluding ortho intramolecular Hbond substituents is 1. The Balaban J connectivity index is 0.00000324. The van der Waals surface area contributed by atoms with Crippen molar-refractivity contribution in [3.05, 3.63) is 29.5 Å². The van der Waals surface area contributed by atoms with E-state index in [1.54, 1.807) is 13.2 Å². The predicted molar refractivity (Wildman–Crippen MR) is 74.9 cm³/mol. The van der Waals surface area contributed by atoms with Crippen molar-refractivity contribution < 1.29 is 26.6 Å². The molecule has 0 fully saturated rings. The van der Waals surface area contributed by atoms with Crippen LogP contribution in [0.4, 0.5) is 0 Å². The normalized spacial score (nSPS) is 11.2. The maximum Gasteiger partial charge on any atom is 0.165 e. The monoisotopic (exact) mass is 309 g/mol. The minimum absolute atomic E-state index is 0. The van der Waals surface area contributed by atoms with E-state index in [4.69, 9.17) is 4.74 Å². The van der Waals surface area contributed by atoms with Gasteiger partial charge in [-0.2, -0.15) is 0 Å². The summed E-state index contributed by atoms with van der Waals surface area (Å²) in [6.07, 6.45) is 1.97. The van der Waals surface area contributed by atoms with E-state index in [1.807, 2.05) is 51.3 Å². The standard InChI is InChI=1S/C14H22N2O2.Co/c1-15(2)10-12(16(3)4)9-11-7-6-8-13(18-5)14(11)17;/h6-9,17H,10H2,1-5H3;. The minimum Gasteiger partial charge on any atom is -0.504 e. The quantitative estimate of drug-likeness (QED) is 0.901. The Hall–Kier alpha value is -1.17. The van der Waals surface area contributed by atoms with Gasteiger partial charge in [0.2, 0.25) is 0 Å². The van der Waals surface area contributed by atoms with E-state index >= 15 is 0 Å². The van der Waals surface area contributed by atoms with Crippen molar-refractivity contribution in [1.82, 2.24) is 9.80 Å². The second-order valence-electron chi connectivity index (χ2n) is 4.67. The molecule has 109 valence electrons. The van der Waals surface area contributed by atoms with Crippen molar-refractivity contribution in [3.63, 3.8) is 0 Å². The molecule has 0 saturated carbocycles. The zero-order valence-corrected chi connectivity index (χ0v) is 13.1. The molecule has 5 heteroatoms. The van der Waals surface area contributed by atoms with Gasteiger partial charge in [-0.3, -0.25) is 0 Å². The number of rotatable bonds is 5. The van der Waals surface area contributed by atoms with Crippen LogP contribution in [0.1, 0.15) is 5.56 Å². The molecule has 19 heavy (non-hydrogen) atoms. The van der Waals surface area contributed by atoms with Gasteiger partial charge < -0.3 is 19.6 Å². The van der Waals surface area contributed by atoms with Gasteiger partial charge in [-0.1, -0.05) is 12.1 Å². The van der Waals surface area contributed by atoms with Crippen molar-refractivity contribution in [2.24, 2.45) is 0 Å². The summed E-state index contributed by atoms with van der Waals surface area (Å²) in [4.78, 5) is 4.13. The fraction of sp³-hybridized carbons (Fsp3) is 0.429. The number of hydrogen-bond donors (Lipinski definition) is 1. The van der Waals surface area contributed by atoms with Crippen molar-refractivity contribution >= 4 is 6.08 Å². The number of para-hydroxylation sites is 1. The van der Waals surface area contributed by atoms with Gasteiger partial charge in [0, 0.05) is 48.7 Å². The molecule has 0 aliphatic rings. The summed E-state index contributed by atoms with van der Waals surface area (Å²) in [6.45, 7) is 0.809. The molecule has 4 nitrogen and oxygen atoms in total. The van der Waals surface area contributed by atoms with Gasteiger partial charge in [0.15, 0.2) is 11.5 Å². The molecule has 1 rings (SSSR count). The first kappa shape index (κ1) is 17.8. The van der Waals surface area contributed by atoms with E-state index in [2.05, 4.69) is 4.90 Å². The summed E-state index contributed by atoms with van der Waals surface area (Å²) in [5.41, 5.74) is 1.88. The number of benzene rings is 1. The average Bonchev–Trinajstić information content (AvgIpc) is 2.30. The topological polar surface area (TPSA) is 35.9 Å². The molecule has 0 bridgehead atoms. The number of likely N-dealkylation sites (N-methyl/N-ethyl adjacent to an activating group) is 2. The van der Waals surface area contributed by atoms with Gasteiger partial charge in [-0.15, -0.1) is 0 Å². The van der Waals surface area contributed by atoms with Gasteiger partial charge >= 0.3 is 0 Å². The largest absolute Gasteiger partial charge is 0.504 e. The Morgan fingerprint density at radius 1 is 1.26 bits per heavy atom. The molecule has 0 amide bonds. The molecule has 0 aromatic heterocycles. The Morgan fingerprint density at radius 2 is 1.89 bits per heavy atom. The van der Waals surface area contributed by atoms with Crippen molar-refractivity contribution in [3.8, 4) is 11.5 Å². The van der Waals surface area contributed by atoms with Gasteiger partial charge in [-0.05, 0) is 26.2 Å². The number of methoxy groups -OCH3 is 1. The van der Waals surface area contributed by atoms with E-state index < -0.39 is 0 Å². The summed E-state index contributed by atoms with van der Waals surface area (Å²) >= 11 is 0. The van der Waals surface area contributed by atoms with Gasteiger partial charge in [0.25, 0.3) is 0 Å². The SMILES string of the molecule is COc1cccc(C=C(CN(C)C)N(C)C)c1O.[Co]. The second-order valence-corrected chi connectivity index (χ2v) is 4.67. The van der Waals surface area contributed by atoms with Crippen LogP contribution in [-0.4, -0.2) is 56.8 Å². The molecular formula is C14H22CoN2O2. The van der Waals surface area contributed by atoms with E-state index in [1.165, 1.54) is 0 Å². The first-order valence-corrected chi connectivity index (χ1v) is 5.84. The van der Waals surface area contributed by atoms with Crippen LogP contribution in [-0.2, 0) is 16.8 Å². The maximum atomic E-state index is 10.1. The van der Waals surface area contributed by atoms with Crippen LogP contribution >= 0.6 is 0 Å². The van der Waals surface area contributed by atoms with Gasteiger partial charge in [0.05, 0.1) is 7.11 Å². The molecule has 1 radical (unpaired) electrons. The van der Waals surface area contributed by atoms with Crippen LogP contribution in [0.5, 0.6) is 11.5 Å². The Bertz CT molecular complexity index is 431. The van der Waals surface area contributed by atoms with E-state index in [9.17, 15) is 5.11 Å². The van der Waals surface area contributed by atoms with Crippen molar-refractivity contribution in [2.45, 2.75) is 0 Å². The smallest absolute Gasteiger partial charge is 0.165 e. The third-order valence-electron chi connectivity index (χ3n) is 2.62. The average molecular weight is 309 g/mol. The van der Waals surface area contributed by atoms with Gasteiger partial charge in [-0.25, -0.2) is 0 Å². The van der Waals surface area contributed by atoms with E-state index in [0.29, 0.717) is 5.75 Å². The fourth-order valence-corrected chi connectivity index (χ4v) is 1.64. The predicted octanol–water partition coefficient (Wildman–Crippen LogP) is 1.86. The third kappa shape index (κ3) is 5.14. The van der Waals surface area contributed by atoms with E-state index in [-0.39, 0.29) is 22.5 Å². The molecule has 0 saturated heterocycles. The molecule has 1 aromatic rings. The molecule has 0 aliphatic heterocycles. The van der Waals surface area contributed by atoms with Crippen molar-refractivity contribution in [2.75, 3.05) is 41.8 Å². The summed E-state index contributed by atoms with van der Waals surface area (Å²) in [6, 6.07) is 5.48. The molecule has 0 heterocycles. The minimum atomic E-state index is 0. The molecule has 1 N–H and O–H groups in total. The van der Waals surface area contributed by atoms with Crippen molar-refractivity contribution in [1.29, 1.82) is 0 Å². The first-order chi connectivity index (χ1) is 8.45. The van der Waals surface area contributed by atoms with Crippen LogP contribution in [0.25, 0.3) is 6.08 Å². The molecule has 0 spiro atoms. The summed E-state index contributed by atoms with van der Waals surface area (Å²) in [5, 5.41) is 10.1. The second kappa shape index (κ2) is 8.09. The Labute approximate surface area is 125 Å². The Morgan fingerprint density at radius 3 is 2.37 bits per heavy atom. The summed E-state index contributed by atoms with van der Waals surface area (Å²) in [7, 11) is 9.57. The number of ether oxygens (including phenoxy) is 1. The number of nitrogens with zero attached hydrogens (tertiary/aromatic N) is 2. The molecule has 0 aliphatic carbocycles. The Kier molecular flexibility index (Phi) is 7.59. The molecule has 0 atom stereocenters. The molecule has 1 aromatic carbocycles. The van der Waals surface area contributed by atoms with Gasteiger partial charge in [0.1, 0.15) is 0 Å². The molecular weight excluding hydrogens is 287 g/mol. The van der Waals surface area contributed by atoms with E-state index in [0.717, 1.165) is 17.8 Å². The fourth-order valence-electron chi connectivity index (χ4n) is 1.64. The zero-order chi connectivity index (χ0) is 13.7. The summed E-state index contributed by atoms with van der Waals surface area (Å²) in [5.74, 6) is 0.671. The van der Waals surface area contributed by atoms with Crippen LogP contribution < -0.4 is 4.74 Å². The van der Waals surface area contributed by atoms with Crippen LogP contribution in [0.15, 0.2) is 23.9 Å². The first-order valence-electron chi connectivity index (χ1n) is 5.84. The zero-order valence-electron chi connectivity index (χ0n) is 12.1. The number of hydrogen-bond acceptors (Lipinski definition) is 4. The van der Waals surface area contributed by atoms with Crippen LogP contribution in [0, 0.1) is 0 Å². The number of phenols is 1. The number of aromatic hydroxyl groups is 1. The summed E-state index contributed by atoms with van der Waals surface area (Å²) < 4.78 is 5.11. The van der Waals surface area contributed by atoms with Crippen LogP contribution in [0.3, 0.4) is 0 Å². The molecule has 0 unspecified atom stereocenters. The maximum absolute atomic E-state index is 10.1.